The van der Waals surface area contributed by atoms with Crippen LogP contribution < -0.4 is 10.1 Å². The van der Waals surface area contributed by atoms with E-state index in [1.54, 1.807) is 19.9 Å². The molecule has 3 aromatic heterocycles. The smallest absolute Gasteiger partial charge is 0.310 e. The van der Waals surface area contributed by atoms with Crippen molar-refractivity contribution in [1.82, 2.24) is 28.8 Å². The molecule has 0 amide bonds. The van der Waals surface area contributed by atoms with E-state index in [-0.39, 0.29) is 29.9 Å². The second-order valence-electron chi connectivity index (χ2n) is 15.9. The lowest BCUT2D eigenvalue weighted by atomic mass is 9.70. The molecule has 2 atom stereocenters. The first-order valence-corrected chi connectivity index (χ1v) is 19.9. The predicted octanol–water partition coefficient (Wildman–Crippen LogP) is 6.00. The van der Waals surface area contributed by atoms with Crippen LogP contribution in [0.3, 0.4) is 0 Å². The van der Waals surface area contributed by atoms with Gasteiger partial charge in [-0.1, -0.05) is 24.6 Å². The van der Waals surface area contributed by atoms with Crippen LogP contribution in [0.15, 0.2) is 41.4 Å². The van der Waals surface area contributed by atoms with Crippen LogP contribution >= 0.6 is 0 Å². The Morgan fingerprint density at radius 3 is 2.46 bits per heavy atom. The second-order valence-corrected chi connectivity index (χ2v) is 17.8. The van der Waals surface area contributed by atoms with Gasteiger partial charge in [-0.15, -0.1) is 10.2 Å². The van der Waals surface area contributed by atoms with Crippen molar-refractivity contribution >= 4 is 27.5 Å². The van der Waals surface area contributed by atoms with Crippen LogP contribution in [-0.4, -0.2) is 86.1 Å². The number of piperidine rings is 1. The summed E-state index contributed by atoms with van der Waals surface area (Å²) in [6.45, 7) is 16.7. The average molecular weight is 730 g/mol. The highest BCUT2D eigenvalue weighted by molar-refractivity contribution is 7.89. The largest absolute Gasteiger partial charge is 0.481 e. The standard InChI is InChI=1S/C39H51N7O5S/c1-24-11-12-29(33(38(6,7)37(47)48)31-13-18-46-28(5)42-43-35(46)27(31)4)20-30(24)22-45-23-39(14-15-39)51-36-32(52(45,49)50)19-25(2)34(41-36)40-26(3)21-44-16-9-8-10-17-44/h11-13,18-20,26,33H,8-10,14-17,21-23H2,1-7H3,(H,40,41)(H,47,48)/t26-,33+/m0/s1. The molecule has 12 nitrogen and oxygen atoms in total. The zero-order valence-corrected chi connectivity index (χ0v) is 32.2. The first-order chi connectivity index (χ1) is 24.6. The third-order valence-electron chi connectivity index (χ3n) is 11.4. The molecule has 1 saturated heterocycles. The monoisotopic (exact) mass is 729 g/mol. The minimum absolute atomic E-state index is 0.0780. The predicted molar refractivity (Wildman–Crippen MR) is 199 cm³/mol. The normalized spacial score (nSPS) is 19.8. The maximum absolute atomic E-state index is 14.5. The van der Waals surface area contributed by atoms with Gasteiger partial charge in [-0.2, -0.15) is 9.29 Å². The number of pyridine rings is 2. The van der Waals surface area contributed by atoms with Crippen molar-refractivity contribution < 1.29 is 23.1 Å². The summed E-state index contributed by atoms with van der Waals surface area (Å²) < 4.78 is 39.0. The third-order valence-corrected chi connectivity index (χ3v) is 13.2. The number of ether oxygens (including phenoxy) is 1. The summed E-state index contributed by atoms with van der Waals surface area (Å²) in [6, 6.07) is 9.67. The zero-order valence-electron chi connectivity index (χ0n) is 31.4. The van der Waals surface area contributed by atoms with Crippen LogP contribution in [0.5, 0.6) is 5.88 Å². The lowest BCUT2D eigenvalue weighted by molar-refractivity contribution is -0.147. The molecule has 2 fully saturated rings. The van der Waals surface area contributed by atoms with E-state index in [9.17, 15) is 18.3 Å². The molecule has 52 heavy (non-hydrogen) atoms. The molecule has 13 heteroatoms. The number of carboxylic acids is 1. The van der Waals surface area contributed by atoms with Gasteiger partial charge in [0.15, 0.2) is 5.65 Å². The second kappa shape index (κ2) is 13.4. The fraction of sp³-hybridized carbons (Fsp3) is 0.538. The number of rotatable bonds is 10. The fourth-order valence-electron chi connectivity index (χ4n) is 7.97. The van der Waals surface area contributed by atoms with Gasteiger partial charge in [0, 0.05) is 31.2 Å². The lowest BCUT2D eigenvalue weighted by Gasteiger charge is -2.33. The van der Waals surface area contributed by atoms with Gasteiger partial charge >= 0.3 is 5.97 Å². The van der Waals surface area contributed by atoms with E-state index < -0.39 is 32.9 Å². The summed E-state index contributed by atoms with van der Waals surface area (Å²) in [4.78, 5) is 20.2. The summed E-state index contributed by atoms with van der Waals surface area (Å²) in [6.07, 6.45) is 7.08. The molecule has 1 spiro atoms. The highest BCUT2D eigenvalue weighted by atomic mass is 32.2. The van der Waals surface area contributed by atoms with Crippen LogP contribution in [0, 0.1) is 33.1 Å². The highest BCUT2D eigenvalue weighted by Crippen LogP contribution is 2.48. The summed E-state index contributed by atoms with van der Waals surface area (Å²) in [5.74, 6) is 0.0543. The van der Waals surface area contributed by atoms with Crippen molar-refractivity contribution in [3.05, 3.63) is 75.7 Å². The Hall–Kier alpha value is -4.07. The third kappa shape index (κ3) is 6.67. The zero-order chi connectivity index (χ0) is 37.2. The van der Waals surface area contributed by atoms with E-state index in [0.29, 0.717) is 11.5 Å². The number of likely N-dealkylation sites (tertiary alicyclic amines) is 1. The average Bonchev–Trinajstić information content (AvgIpc) is 3.76. The van der Waals surface area contributed by atoms with Crippen LogP contribution in [0.25, 0.3) is 5.65 Å². The van der Waals surface area contributed by atoms with Gasteiger partial charge in [0.25, 0.3) is 0 Å². The number of hydrogen-bond donors (Lipinski definition) is 2. The van der Waals surface area contributed by atoms with E-state index in [1.807, 2.05) is 62.6 Å². The van der Waals surface area contributed by atoms with Gasteiger partial charge in [-0.3, -0.25) is 9.20 Å². The Bertz CT molecular complexity index is 2140. The van der Waals surface area contributed by atoms with E-state index in [1.165, 1.54) is 23.6 Å². The highest BCUT2D eigenvalue weighted by Gasteiger charge is 2.53. The minimum atomic E-state index is -4.01. The number of carboxylic acid groups (broad SMARTS) is 1. The number of sulfonamides is 1. The number of carbonyl (C=O) groups is 1. The van der Waals surface area contributed by atoms with Gasteiger partial charge in [-0.05, 0) is 133 Å². The first kappa shape index (κ1) is 36.3. The van der Waals surface area contributed by atoms with E-state index in [4.69, 9.17) is 9.72 Å². The molecule has 0 unspecified atom stereocenters. The Balaban J connectivity index is 1.22. The van der Waals surface area contributed by atoms with Gasteiger partial charge in [-0.25, -0.2) is 8.42 Å². The van der Waals surface area contributed by atoms with Crippen molar-refractivity contribution in [3.63, 3.8) is 0 Å². The van der Waals surface area contributed by atoms with Crippen molar-refractivity contribution in [3.8, 4) is 5.88 Å². The first-order valence-electron chi connectivity index (χ1n) is 18.4. The number of fused-ring (bicyclic) bond motifs is 2. The molecule has 5 heterocycles. The van der Waals surface area contributed by atoms with Crippen molar-refractivity contribution in [1.29, 1.82) is 0 Å². The van der Waals surface area contributed by atoms with Crippen LogP contribution in [-0.2, 0) is 21.4 Å². The topological polar surface area (TPSA) is 142 Å². The van der Waals surface area contributed by atoms with Gasteiger partial charge < -0.3 is 20.1 Å². The van der Waals surface area contributed by atoms with Gasteiger partial charge in [0.05, 0.1) is 12.0 Å². The molecule has 3 aliphatic rings. The lowest BCUT2D eigenvalue weighted by Crippen LogP contribution is -2.38. The summed E-state index contributed by atoms with van der Waals surface area (Å²) in [7, 11) is -4.01. The van der Waals surface area contributed by atoms with Gasteiger partial charge in [0.1, 0.15) is 22.1 Å². The quantitative estimate of drug-likeness (QED) is 0.200. The van der Waals surface area contributed by atoms with E-state index in [0.717, 1.165) is 71.7 Å². The summed E-state index contributed by atoms with van der Waals surface area (Å²) in [5, 5.41) is 22.6. The van der Waals surface area contributed by atoms with Crippen molar-refractivity contribution in [2.45, 2.75) is 110 Å². The molecular formula is C39H51N7O5S. The SMILES string of the molecule is Cc1ccc([C@H](c2ccn3c(C)nnc3c2C)C(C)(C)C(=O)O)cc1CN1CC2(CC2)Oc2nc(N[C@@H](C)CN3CCCCC3)c(C)cc2S1(=O)=O. The van der Waals surface area contributed by atoms with Crippen molar-refractivity contribution in [2.75, 3.05) is 31.5 Å². The van der Waals surface area contributed by atoms with Crippen LogP contribution in [0.1, 0.15) is 98.0 Å². The number of hydrogen-bond acceptors (Lipinski definition) is 9. The molecule has 2 aliphatic heterocycles. The Morgan fingerprint density at radius 2 is 1.77 bits per heavy atom. The Kier molecular flexibility index (Phi) is 9.36. The molecule has 1 aliphatic carbocycles. The van der Waals surface area contributed by atoms with Crippen LogP contribution in [0.4, 0.5) is 5.82 Å². The summed E-state index contributed by atoms with van der Waals surface area (Å²) >= 11 is 0. The molecule has 1 aromatic carbocycles. The molecule has 4 aromatic rings. The minimum Gasteiger partial charge on any atom is -0.481 e. The van der Waals surface area contributed by atoms with Crippen LogP contribution in [0.2, 0.25) is 0 Å². The van der Waals surface area contributed by atoms with Crippen molar-refractivity contribution in [2.24, 2.45) is 5.41 Å². The molecule has 7 rings (SSSR count). The molecule has 0 bridgehead atoms. The number of nitrogens with one attached hydrogen (secondary N) is 1. The Labute approximate surface area is 306 Å². The maximum atomic E-state index is 14.5. The summed E-state index contributed by atoms with van der Waals surface area (Å²) in [5.41, 5.74) is 3.77. The molecule has 2 N–H and O–H groups in total. The number of aliphatic carboxylic acids is 1. The molecular weight excluding hydrogens is 679 g/mol. The Morgan fingerprint density at radius 1 is 1.04 bits per heavy atom. The molecule has 278 valence electrons. The fourth-order valence-corrected chi connectivity index (χ4v) is 9.60. The van der Waals surface area contributed by atoms with Gasteiger partial charge in [0.2, 0.25) is 15.9 Å². The number of benzene rings is 1. The number of nitrogens with zero attached hydrogens (tertiary/aromatic N) is 6. The van der Waals surface area contributed by atoms with E-state index in [2.05, 4.69) is 27.3 Å². The molecule has 0 radical (unpaired) electrons. The number of anilines is 1. The number of aryl methyl sites for hydroxylation is 4. The maximum Gasteiger partial charge on any atom is 0.310 e. The van der Waals surface area contributed by atoms with E-state index >= 15 is 0 Å². The number of aromatic nitrogens is 4. The molecule has 1 saturated carbocycles.